The number of benzene rings is 10. The summed E-state index contributed by atoms with van der Waals surface area (Å²) in [4.78, 5) is 2.34. The molecule has 10 aromatic carbocycles. The number of fused-ring (bicyclic) bond motifs is 11. The maximum absolute atomic E-state index is 6.59. The molecule has 0 amide bonds. The van der Waals surface area contributed by atoms with E-state index in [2.05, 4.69) is 193 Å². The van der Waals surface area contributed by atoms with Crippen molar-refractivity contribution in [2.45, 2.75) is 0 Å². The Labute approximate surface area is 369 Å². The van der Waals surface area contributed by atoms with Crippen LogP contribution in [0.3, 0.4) is 0 Å². The van der Waals surface area contributed by atoms with Gasteiger partial charge in [-0.3, -0.25) is 0 Å². The summed E-state index contributed by atoms with van der Waals surface area (Å²) in [5.41, 5.74) is 17.7. The van der Waals surface area contributed by atoms with E-state index in [9.17, 15) is 0 Å². The molecule has 0 N–H and O–H groups in total. The van der Waals surface area contributed by atoms with Crippen molar-refractivity contribution in [3.05, 3.63) is 224 Å². The molecule has 4 heteroatoms. The highest BCUT2D eigenvalue weighted by Gasteiger charge is 2.24. The van der Waals surface area contributed by atoms with Gasteiger partial charge in [-0.25, -0.2) is 0 Å². The van der Waals surface area contributed by atoms with Crippen LogP contribution in [0.2, 0.25) is 0 Å². The fourth-order valence-corrected chi connectivity index (χ4v) is 9.76. The topological polar surface area (TPSA) is 38.8 Å². The van der Waals surface area contributed by atoms with Crippen LogP contribution >= 0.6 is 0 Å². The maximum atomic E-state index is 6.59. The van der Waals surface area contributed by atoms with Crippen molar-refractivity contribution in [2.24, 2.45) is 0 Å². The van der Waals surface area contributed by atoms with Crippen LogP contribution in [0, 0.1) is 0 Å². The summed E-state index contributed by atoms with van der Waals surface area (Å²) in [7, 11) is 0. The van der Waals surface area contributed by atoms with Crippen LogP contribution in [0.1, 0.15) is 0 Å². The molecule has 0 aliphatic carbocycles. The number of rotatable bonds is 6. The zero-order chi connectivity index (χ0) is 42.1. The van der Waals surface area contributed by atoms with Gasteiger partial charge in [0.15, 0.2) is 0 Å². The van der Waals surface area contributed by atoms with Crippen LogP contribution in [0.25, 0.3) is 99.5 Å². The van der Waals surface area contributed by atoms with E-state index in [1.165, 1.54) is 0 Å². The molecule has 1 aliphatic heterocycles. The maximum Gasteiger partial charge on any atom is 0.143 e. The number of anilines is 3. The van der Waals surface area contributed by atoms with E-state index < -0.39 is 0 Å². The number of furan rings is 2. The molecule has 13 rings (SSSR count). The first-order chi connectivity index (χ1) is 31.7. The second-order valence-corrected chi connectivity index (χ2v) is 16.4. The molecule has 0 unspecified atom stereocenters. The van der Waals surface area contributed by atoms with E-state index >= 15 is 0 Å². The fraction of sp³-hybridized carbons (Fsp3) is 0. The number of ether oxygens (including phenoxy) is 1. The molecule has 3 heterocycles. The molecule has 0 saturated carbocycles. The van der Waals surface area contributed by atoms with E-state index in [1.54, 1.807) is 0 Å². The Kier molecular flexibility index (Phi) is 8.18. The van der Waals surface area contributed by atoms with Gasteiger partial charge in [0.05, 0.1) is 0 Å². The average molecular weight is 820 g/mol. The van der Waals surface area contributed by atoms with E-state index in [4.69, 9.17) is 13.6 Å². The number of hydrogen-bond acceptors (Lipinski definition) is 4. The van der Waals surface area contributed by atoms with E-state index in [1.807, 2.05) is 36.4 Å². The third kappa shape index (κ3) is 5.77. The lowest BCUT2D eigenvalue weighted by atomic mass is 9.87. The van der Waals surface area contributed by atoms with Gasteiger partial charge in [0.1, 0.15) is 33.8 Å². The van der Waals surface area contributed by atoms with Crippen LogP contribution in [-0.2, 0) is 0 Å². The molecule has 300 valence electrons. The monoisotopic (exact) mass is 819 g/mol. The third-order valence-electron chi connectivity index (χ3n) is 12.7. The Hall–Kier alpha value is -8.60. The van der Waals surface area contributed by atoms with Gasteiger partial charge in [-0.15, -0.1) is 0 Å². The predicted molar refractivity (Wildman–Crippen MR) is 263 cm³/mol. The molecule has 0 spiro atoms. The lowest BCUT2D eigenvalue weighted by molar-refractivity contribution is 0.488. The van der Waals surface area contributed by atoms with Crippen molar-refractivity contribution >= 4 is 60.9 Å². The predicted octanol–water partition coefficient (Wildman–Crippen LogP) is 17.4. The minimum absolute atomic E-state index is 0.843. The number of para-hydroxylation sites is 6. The van der Waals surface area contributed by atoms with Crippen molar-refractivity contribution in [1.29, 1.82) is 0 Å². The van der Waals surface area contributed by atoms with Crippen molar-refractivity contribution in [1.82, 2.24) is 0 Å². The average Bonchev–Trinajstić information content (AvgIpc) is 3.90. The van der Waals surface area contributed by atoms with Crippen LogP contribution in [0.15, 0.2) is 233 Å². The molecule has 0 fully saturated rings. The van der Waals surface area contributed by atoms with Crippen LogP contribution in [-0.4, -0.2) is 0 Å². The Morgan fingerprint density at radius 1 is 0.281 bits per heavy atom. The number of nitrogens with zero attached hydrogens (tertiary/aromatic N) is 1. The van der Waals surface area contributed by atoms with Crippen LogP contribution in [0.5, 0.6) is 11.5 Å². The van der Waals surface area contributed by atoms with Gasteiger partial charge in [-0.2, -0.15) is 0 Å². The van der Waals surface area contributed by atoms with Gasteiger partial charge in [0.2, 0.25) is 0 Å². The Bertz CT molecular complexity index is 3610. The van der Waals surface area contributed by atoms with E-state index in [-0.39, 0.29) is 0 Å². The molecule has 0 atom stereocenters. The Balaban J connectivity index is 0.956. The standard InChI is InChI=1S/C60H37NO3/c1-5-25-54-47(15-1)50-22-10-19-44(58(50)53-18-4-8-28-57(53)62-54)40-13-9-14-43(37-40)61(41-33-29-38(30-34-41)45-20-11-23-51-48-16-2-6-26-55(48)63-59(45)51)42-35-31-39(32-36-42)46-21-12-24-52-49-17-3-7-27-56(49)64-60(46)52/h1-37H. The second-order valence-electron chi connectivity index (χ2n) is 16.4. The van der Waals surface area contributed by atoms with Crippen molar-refractivity contribution in [2.75, 3.05) is 4.90 Å². The van der Waals surface area contributed by atoms with E-state index in [0.717, 1.165) is 128 Å². The zero-order valence-corrected chi connectivity index (χ0v) is 34.5. The van der Waals surface area contributed by atoms with Gasteiger partial charge < -0.3 is 18.5 Å². The normalized spacial score (nSPS) is 11.9. The summed E-state index contributed by atoms with van der Waals surface area (Å²) >= 11 is 0. The highest BCUT2D eigenvalue weighted by Crippen LogP contribution is 2.51. The minimum Gasteiger partial charge on any atom is -0.456 e. The number of hydrogen-bond donors (Lipinski definition) is 0. The molecule has 0 saturated heterocycles. The molecule has 2 aromatic heterocycles. The van der Waals surface area contributed by atoms with Gasteiger partial charge in [0, 0.05) is 66.4 Å². The second kappa shape index (κ2) is 14.5. The highest BCUT2D eigenvalue weighted by molar-refractivity contribution is 6.11. The molecule has 4 nitrogen and oxygen atoms in total. The van der Waals surface area contributed by atoms with Gasteiger partial charge >= 0.3 is 0 Å². The summed E-state index contributed by atoms with van der Waals surface area (Å²) in [5, 5.41) is 4.48. The lowest BCUT2D eigenvalue weighted by Gasteiger charge is -2.27. The summed E-state index contributed by atoms with van der Waals surface area (Å²) in [6, 6.07) is 79.1. The van der Waals surface area contributed by atoms with Crippen LogP contribution in [0.4, 0.5) is 17.1 Å². The van der Waals surface area contributed by atoms with Crippen molar-refractivity contribution < 1.29 is 13.6 Å². The quantitative estimate of drug-likeness (QED) is 0.167. The van der Waals surface area contributed by atoms with Crippen LogP contribution < -0.4 is 9.64 Å². The molecule has 0 radical (unpaired) electrons. The fourth-order valence-electron chi connectivity index (χ4n) is 9.76. The summed E-state index contributed by atoms with van der Waals surface area (Å²) in [6.07, 6.45) is 0. The molecular formula is C60H37NO3. The Morgan fingerprint density at radius 2 is 0.734 bits per heavy atom. The zero-order valence-electron chi connectivity index (χ0n) is 34.5. The molecule has 1 aliphatic rings. The molecule has 64 heavy (non-hydrogen) atoms. The lowest BCUT2D eigenvalue weighted by Crippen LogP contribution is -2.10. The highest BCUT2D eigenvalue weighted by atomic mass is 16.5. The third-order valence-corrected chi connectivity index (χ3v) is 12.7. The van der Waals surface area contributed by atoms with Crippen molar-refractivity contribution in [3.8, 4) is 67.1 Å². The smallest absolute Gasteiger partial charge is 0.143 e. The summed E-state index contributed by atoms with van der Waals surface area (Å²) in [6.45, 7) is 0. The SMILES string of the molecule is c1cc(-c2cccc3c2-c2ccccc2Oc2ccccc2-3)cc(N(c2ccc(-c3cccc4c3oc3ccccc34)cc2)c2ccc(-c3cccc4c3oc3ccccc34)cc2)c1. The van der Waals surface area contributed by atoms with E-state index in [0.29, 0.717) is 0 Å². The van der Waals surface area contributed by atoms with Gasteiger partial charge in [-0.1, -0.05) is 164 Å². The summed E-state index contributed by atoms with van der Waals surface area (Å²) in [5.74, 6) is 1.70. The van der Waals surface area contributed by atoms with Gasteiger partial charge in [-0.05, 0) is 88.5 Å². The summed E-state index contributed by atoms with van der Waals surface area (Å²) < 4.78 is 19.5. The molecule has 12 aromatic rings. The molecule has 0 bridgehead atoms. The minimum atomic E-state index is 0.843. The van der Waals surface area contributed by atoms with Gasteiger partial charge in [0.25, 0.3) is 0 Å². The Morgan fingerprint density at radius 3 is 1.36 bits per heavy atom. The largest absolute Gasteiger partial charge is 0.456 e. The first kappa shape index (κ1) is 36.1. The first-order valence-electron chi connectivity index (χ1n) is 21.7. The first-order valence-corrected chi connectivity index (χ1v) is 21.7. The molecular weight excluding hydrogens is 783 g/mol. The van der Waals surface area contributed by atoms with Crippen molar-refractivity contribution in [3.63, 3.8) is 0 Å².